The summed E-state index contributed by atoms with van der Waals surface area (Å²) in [5.41, 5.74) is 2.51. The lowest BCUT2D eigenvalue weighted by atomic mass is 9.93. The maximum Gasteiger partial charge on any atom is 0.349 e. The molecule has 42 heavy (non-hydrogen) atoms. The van der Waals surface area contributed by atoms with Crippen LogP contribution < -0.4 is 4.90 Å². The monoisotopic (exact) mass is 632 g/mol. The maximum atomic E-state index is 12.7. The predicted molar refractivity (Wildman–Crippen MR) is 162 cm³/mol. The van der Waals surface area contributed by atoms with E-state index in [0.717, 1.165) is 18.4 Å². The van der Waals surface area contributed by atoms with Gasteiger partial charge in [0.05, 0.1) is 30.9 Å². The second kappa shape index (κ2) is 13.4. The van der Waals surface area contributed by atoms with Gasteiger partial charge in [-0.3, -0.25) is 19.2 Å². The summed E-state index contributed by atoms with van der Waals surface area (Å²) >= 11 is 18.2. The predicted octanol–water partition coefficient (Wildman–Crippen LogP) is 6.87. The number of anilines is 1. The Kier molecular flexibility index (Phi) is 10.1. The van der Waals surface area contributed by atoms with Crippen LogP contribution >= 0.6 is 34.8 Å². The first-order valence-corrected chi connectivity index (χ1v) is 14.7. The van der Waals surface area contributed by atoms with Crippen molar-refractivity contribution in [1.29, 1.82) is 0 Å². The molecule has 0 bridgehead atoms. The van der Waals surface area contributed by atoms with Crippen LogP contribution in [0.25, 0.3) is 6.08 Å². The van der Waals surface area contributed by atoms with Gasteiger partial charge in [0.25, 0.3) is 17.7 Å². The van der Waals surface area contributed by atoms with Gasteiger partial charge in [-0.2, -0.15) is 0 Å². The third-order valence-corrected chi connectivity index (χ3v) is 8.02. The van der Waals surface area contributed by atoms with Crippen molar-refractivity contribution in [3.8, 4) is 0 Å². The Labute approximate surface area is 259 Å². The van der Waals surface area contributed by atoms with Crippen LogP contribution in [0, 0.1) is 5.41 Å². The number of hydroxylamine groups is 2. The highest BCUT2D eigenvalue weighted by atomic mass is 35.5. The Hall–Kier alpha value is -3.17. The molecule has 5 rings (SSSR count). The van der Waals surface area contributed by atoms with Crippen molar-refractivity contribution in [2.45, 2.75) is 53.0 Å². The summed E-state index contributed by atoms with van der Waals surface area (Å²) in [5.74, 6) is -1.22. The third-order valence-electron chi connectivity index (χ3n) is 7.04. The van der Waals surface area contributed by atoms with Gasteiger partial charge in [-0.15, -0.1) is 0 Å². The van der Waals surface area contributed by atoms with E-state index in [2.05, 4.69) is 0 Å². The van der Waals surface area contributed by atoms with Crippen molar-refractivity contribution in [3.05, 3.63) is 79.8 Å². The van der Waals surface area contributed by atoms with Crippen molar-refractivity contribution in [2.75, 3.05) is 18.1 Å². The number of hydrogen-bond donors (Lipinski definition) is 0. The van der Waals surface area contributed by atoms with Gasteiger partial charge in [0.2, 0.25) is 0 Å². The Morgan fingerprint density at radius 2 is 1.64 bits per heavy atom. The highest BCUT2D eigenvalue weighted by Gasteiger charge is 2.41. The summed E-state index contributed by atoms with van der Waals surface area (Å²) in [6.45, 7) is 6.46. The van der Waals surface area contributed by atoms with Gasteiger partial charge in [-0.1, -0.05) is 53.0 Å². The van der Waals surface area contributed by atoms with E-state index in [1.165, 1.54) is 16.0 Å². The molecule has 222 valence electrons. The summed E-state index contributed by atoms with van der Waals surface area (Å²) in [7, 11) is 0. The van der Waals surface area contributed by atoms with Gasteiger partial charge >= 0.3 is 5.97 Å². The Morgan fingerprint density at radius 3 is 2.21 bits per heavy atom. The van der Waals surface area contributed by atoms with E-state index < -0.39 is 11.4 Å². The van der Waals surface area contributed by atoms with Crippen molar-refractivity contribution >= 4 is 70.3 Å². The highest BCUT2D eigenvalue weighted by molar-refractivity contribution is 6.43. The molecular formula is C31H31Cl3N2O6. The van der Waals surface area contributed by atoms with Gasteiger partial charge in [0, 0.05) is 21.2 Å². The molecule has 0 atom stereocenters. The van der Waals surface area contributed by atoms with Crippen molar-refractivity contribution in [2.24, 2.45) is 5.41 Å². The number of esters is 1. The van der Waals surface area contributed by atoms with E-state index >= 15 is 0 Å². The quantitative estimate of drug-likeness (QED) is 0.196. The fourth-order valence-electron chi connectivity index (χ4n) is 4.75. The van der Waals surface area contributed by atoms with Crippen molar-refractivity contribution < 1.29 is 28.8 Å². The van der Waals surface area contributed by atoms with E-state index in [-0.39, 0.29) is 29.4 Å². The number of ether oxygens (including phenoxy) is 1. The zero-order valence-corrected chi connectivity index (χ0v) is 25.8. The van der Waals surface area contributed by atoms with Crippen molar-refractivity contribution in [1.82, 2.24) is 5.06 Å². The Morgan fingerprint density at radius 1 is 1.00 bits per heavy atom. The molecule has 0 unspecified atom stereocenters. The molecule has 1 saturated heterocycles. The van der Waals surface area contributed by atoms with Crippen LogP contribution in [-0.2, 0) is 35.3 Å². The lowest BCUT2D eigenvalue weighted by Gasteiger charge is -2.16. The standard InChI is InChI=1S/C19H17Cl2NO4.C12H14ClNO2/c1-2-26-19(25)16(21)10-11-9-12(7-8-15(11)20)22-17(23)13-5-3-4-6-14(13)18(22)24;1-12(2)8-16-14(11(12)15)7-9-5-3-4-6-10(9)13/h7-10H,2-6H2,1H3;3-6H,7-8H2,1-2H3/b16-10-;. The van der Waals surface area contributed by atoms with Crippen molar-refractivity contribution in [3.63, 3.8) is 0 Å². The third kappa shape index (κ3) is 6.89. The maximum absolute atomic E-state index is 12.7. The minimum absolute atomic E-state index is 0.00687. The fraction of sp³-hybridized carbons (Fsp3) is 0.355. The van der Waals surface area contributed by atoms with Gasteiger partial charge in [0.1, 0.15) is 5.03 Å². The second-order valence-electron chi connectivity index (χ2n) is 10.6. The molecule has 2 heterocycles. The number of halogens is 3. The number of hydrogen-bond acceptors (Lipinski definition) is 6. The Balaban J connectivity index is 0.000000216. The Bertz CT molecular complexity index is 1450. The molecule has 0 N–H and O–H groups in total. The van der Waals surface area contributed by atoms with E-state index in [4.69, 9.17) is 44.4 Å². The molecule has 2 aromatic rings. The zero-order valence-electron chi connectivity index (χ0n) is 23.5. The molecule has 0 aromatic heterocycles. The molecule has 3 amide bonds. The molecule has 11 heteroatoms. The fourth-order valence-corrected chi connectivity index (χ4v) is 5.29. The zero-order chi connectivity index (χ0) is 30.6. The number of imide groups is 1. The molecule has 8 nitrogen and oxygen atoms in total. The van der Waals surface area contributed by atoms with Crippen LogP contribution in [0.2, 0.25) is 10.0 Å². The van der Waals surface area contributed by atoms with E-state index in [1.807, 2.05) is 38.1 Å². The smallest absolute Gasteiger partial charge is 0.349 e. The summed E-state index contributed by atoms with van der Waals surface area (Å²) in [4.78, 5) is 55.4. The average molecular weight is 634 g/mol. The minimum Gasteiger partial charge on any atom is -0.462 e. The molecular weight excluding hydrogens is 603 g/mol. The van der Waals surface area contributed by atoms with Crippen LogP contribution in [0.5, 0.6) is 0 Å². The van der Waals surface area contributed by atoms with Gasteiger partial charge in [-0.25, -0.2) is 14.8 Å². The number of benzene rings is 2. The van der Waals surface area contributed by atoms with Crippen LogP contribution in [0.3, 0.4) is 0 Å². The second-order valence-corrected chi connectivity index (χ2v) is 11.8. The lowest BCUT2D eigenvalue weighted by Crippen LogP contribution is -2.31. The van der Waals surface area contributed by atoms with Crippen LogP contribution in [-0.4, -0.2) is 42.0 Å². The first-order valence-electron chi connectivity index (χ1n) is 13.6. The largest absolute Gasteiger partial charge is 0.462 e. The molecule has 2 aliphatic heterocycles. The first kappa shape index (κ1) is 31.8. The molecule has 3 aliphatic rings. The van der Waals surface area contributed by atoms with E-state index in [1.54, 1.807) is 25.1 Å². The number of carbonyl (C=O) groups is 4. The SMILES string of the molecule is CC1(C)CON(Cc2ccccc2Cl)C1=O.CCOC(=O)/C(Cl)=C/c1cc(N2C(=O)C3=C(CCCC3)C2=O)ccc1Cl. The molecule has 0 spiro atoms. The number of carbonyl (C=O) groups excluding carboxylic acids is 4. The number of rotatable bonds is 6. The van der Waals surface area contributed by atoms with Gasteiger partial charge in [0.15, 0.2) is 0 Å². The van der Waals surface area contributed by atoms with Gasteiger partial charge in [-0.05, 0) is 87.9 Å². The normalized spacial score (nSPS) is 18.2. The van der Waals surface area contributed by atoms with Crippen LogP contribution in [0.4, 0.5) is 5.69 Å². The van der Waals surface area contributed by atoms with Gasteiger partial charge < -0.3 is 4.74 Å². The summed E-state index contributed by atoms with van der Waals surface area (Å²) in [6, 6.07) is 12.2. The summed E-state index contributed by atoms with van der Waals surface area (Å²) in [5, 5.41) is 2.25. The van der Waals surface area contributed by atoms with Crippen LogP contribution in [0.15, 0.2) is 58.6 Å². The number of amides is 3. The summed E-state index contributed by atoms with van der Waals surface area (Å²) in [6.07, 6.45) is 4.45. The van der Waals surface area contributed by atoms with E-state index in [0.29, 0.717) is 58.4 Å². The topological polar surface area (TPSA) is 93.2 Å². The molecule has 1 fully saturated rings. The molecule has 0 radical (unpaired) electrons. The molecule has 2 aromatic carbocycles. The van der Waals surface area contributed by atoms with Crippen LogP contribution in [0.1, 0.15) is 57.6 Å². The number of nitrogens with zero attached hydrogens (tertiary/aromatic N) is 2. The first-order chi connectivity index (χ1) is 19.9. The highest BCUT2D eigenvalue weighted by Crippen LogP contribution is 2.37. The molecule has 0 saturated carbocycles. The average Bonchev–Trinajstić information content (AvgIpc) is 3.37. The summed E-state index contributed by atoms with van der Waals surface area (Å²) < 4.78 is 4.84. The van der Waals surface area contributed by atoms with E-state index in [9.17, 15) is 19.2 Å². The lowest BCUT2D eigenvalue weighted by molar-refractivity contribution is -0.165. The minimum atomic E-state index is -0.666. The molecule has 1 aliphatic carbocycles.